The van der Waals surface area contributed by atoms with Crippen molar-refractivity contribution in [1.29, 1.82) is 0 Å². The van der Waals surface area contributed by atoms with Gasteiger partial charge in [0.25, 0.3) is 0 Å². The summed E-state index contributed by atoms with van der Waals surface area (Å²) in [7, 11) is 0. The van der Waals surface area contributed by atoms with E-state index in [-0.39, 0.29) is 12.6 Å². The second-order valence-electron chi connectivity index (χ2n) is 4.61. The molecule has 0 aromatic heterocycles. The molecule has 2 N–H and O–H groups in total. The number of aliphatic hydroxyl groups is 1. The molecule has 0 spiro atoms. The number of ether oxygens (including phenoxy) is 1. The normalized spacial score (nSPS) is 12.9. The molecule has 17 heavy (non-hydrogen) atoms. The first kappa shape index (κ1) is 16.9. The number of nitrogens with one attached hydrogen (secondary N) is 1. The average Bonchev–Trinajstić information content (AvgIpc) is 2.35. The fraction of sp³-hybridized carbons (Fsp3) is 1.00. The lowest BCUT2D eigenvalue weighted by atomic mass is 10.1. The van der Waals surface area contributed by atoms with Gasteiger partial charge in [-0.25, -0.2) is 0 Å². The van der Waals surface area contributed by atoms with E-state index in [4.69, 9.17) is 9.84 Å². The smallest absolute Gasteiger partial charge is 0.0585 e. The van der Waals surface area contributed by atoms with Crippen LogP contribution in [0.15, 0.2) is 0 Å². The Bertz CT molecular complexity index is 142. The minimum atomic E-state index is 0.199. The Labute approximate surface area is 107 Å². The minimum Gasteiger partial charge on any atom is -0.395 e. The highest BCUT2D eigenvalue weighted by molar-refractivity contribution is 4.63. The Morgan fingerprint density at radius 1 is 1.00 bits per heavy atom. The fourth-order valence-corrected chi connectivity index (χ4v) is 1.86. The number of likely N-dealkylation sites (N-methyl/N-ethyl adjacent to an activating group) is 1. The van der Waals surface area contributed by atoms with E-state index in [1.54, 1.807) is 0 Å². The van der Waals surface area contributed by atoms with Crippen LogP contribution in [-0.4, -0.2) is 37.5 Å². The SMILES string of the molecule is CCCCCCCCOCCC(CO)NCC. The number of unbranched alkanes of at least 4 members (excludes halogenated alkanes) is 5. The first-order valence-corrected chi connectivity index (χ1v) is 7.27. The minimum absolute atomic E-state index is 0.199. The van der Waals surface area contributed by atoms with Gasteiger partial charge in [-0.3, -0.25) is 0 Å². The van der Waals surface area contributed by atoms with Crippen LogP contribution < -0.4 is 5.32 Å². The van der Waals surface area contributed by atoms with Crippen molar-refractivity contribution in [1.82, 2.24) is 5.32 Å². The van der Waals surface area contributed by atoms with Crippen molar-refractivity contribution in [3.63, 3.8) is 0 Å². The number of hydrogen-bond donors (Lipinski definition) is 2. The number of rotatable bonds is 13. The van der Waals surface area contributed by atoms with Crippen LogP contribution in [0.1, 0.15) is 58.8 Å². The molecule has 0 aliphatic rings. The van der Waals surface area contributed by atoms with E-state index in [9.17, 15) is 0 Å². The maximum atomic E-state index is 9.06. The zero-order chi connectivity index (χ0) is 12.8. The van der Waals surface area contributed by atoms with Gasteiger partial charge in [-0.1, -0.05) is 46.0 Å². The molecule has 0 aromatic rings. The third kappa shape index (κ3) is 12.1. The predicted octanol–water partition coefficient (Wildman–Crippen LogP) is 2.72. The zero-order valence-corrected chi connectivity index (χ0v) is 11.7. The Morgan fingerprint density at radius 2 is 1.71 bits per heavy atom. The van der Waals surface area contributed by atoms with Gasteiger partial charge >= 0.3 is 0 Å². The molecular formula is C14H31NO2. The zero-order valence-electron chi connectivity index (χ0n) is 11.7. The molecule has 0 saturated heterocycles. The fourth-order valence-electron chi connectivity index (χ4n) is 1.86. The molecule has 0 aromatic carbocycles. The molecule has 0 amide bonds. The van der Waals surface area contributed by atoms with E-state index in [1.165, 1.54) is 38.5 Å². The molecule has 1 unspecified atom stereocenters. The Hall–Kier alpha value is -0.120. The Morgan fingerprint density at radius 3 is 2.35 bits per heavy atom. The van der Waals surface area contributed by atoms with E-state index in [0.29, 0.717) is 0 Å². The Kier molecular flexibility index (Phi) is 13.8. The van der Waals surface area contributed by atoms with Crippen molar-refractivity contribution in [2.24, 2.45) is 0 Å². The predicted molar refractivity (Wildman–Crippen MR) is 73.4 cm³/mol. The number of aliphatic hydroxyl groups excluding tert-OH is 1. The van der Waals surface area contributed by atoms with E-state index >= 15 is 0 Å². The summed E-state index contributed by atoms with van der Waals surface area (Å²) in [5.41, 5.74) is 0. The quantitative estimate of drug-likeness (QED) is 0.490. The first-order chi connectivity index (χ1) is 8.35. The maximum absolute atomic E-state index is 9.06. The standard InChI is InChI=1S/C14H31NO2/c1-3-5-6-7-8-9-11-17-12-10-14(13-16)15-4-2/h14-16H,3-13H2,1-2H3. The highest BCUT2D eigenvalue weighted by Gasteiger charge is 2.04. The van der Waals surface area contributed by atoms with Gasteiger partial charge in [-0.2, -0.15) is 0 Å². The van der Waals surface area contributed by atoms with Crippen LogP contribution in [0.5, 0.6) is 0 Å². The maximum Gasteiger partial charge on any atom is 0.0585 e. The Balaban J connectivity index is 3.11. The lowest BCUT2D eigenvalue weighted by Crippen LogP contribution is -2.33. The molecular weight excluding hydrogens is 214 g/mol. The molecule has 0 aliphatic carbocycles. The summed E-state index contributed by atoms with van der Waals surface area (Å²) in [6, 6.07) is 0.199. The summed E-state index contributed by atoms with van der Waals surface area (Å²) < 4.78 is 5.57. The van der Waals surface area contributed by atoms with Gasteiger partial charge in [-0.05, 0) is 19.4 Å². The highest BCUT2D eigenvalue weighted by atomic mass is 16.5. The number of hydrogen-bond acceptors (Lipinski definition) is 3. The summed E-state index contributed by atoms with van der Waals surface area (Å²) in [5, 5.41) is 12.3. The van der Waals surface area contributed by atoms with Gasteiger partial charge in [0.1, 0.15) is 0 Å². The first-order valence-electron chi connectivity index (χ1n) is 7.27. The van der Waals surface area contributed by atoms with Gasteiger partial charge in [-0.15, -0.1) is 0 Å². The lowest BCUT2D eigenvalue weighted by Gasteiger charge is -2.14. The monoisotopic (exact) mass is 245 g/mol. The summed E-state index contributed by atoms with van der Waals surface area (Å²) in [6.07, 6.45) is 8.74. The molecule has 0 saturated carbocycles. The lowest BCUT2D eigenvalue weighted by molar-refractivity contribution is 0.111. The molecule has 104 valence electrons. The van der Waals surface area contributed by atoms with Crippen LogP contribution in [0, 0.1) is 0 Å². The van der Waals surface area contributed by atoms with E-state index in [1.807, 2.05) is 0 Å². The third-order valence-corrected chi connectivity index (χ3v) is 2.97. The molecule has 0 fully saturated rings. The van der Waals surface area contributed by atoms with Crippen molar-refractivity contribution in [3.05, 3.63) is 0 Å². The largest absolute Gasteiger partial charge is 0.395 e. The molecule has 3 nitrogen and oxygen atoms in total. The van der Waals surface area contributed by atoms with E-state index < -0.39 is 0 Å². The van der Waals surface area contributed by atoms with Gasteiger partial charge in [0.2, 0.25) is 0 Å². The summed E-state index contributed by atoms with van der Waals surface area (Å²) in [6.45, 7) is 7.03. The molecule has 0 radical (unpaired) electrons. The van der Waals surface area contributed by atoms with Crippen molar-refractivity contribution in [2.75, 3.05) is 26.4 Å². The molecule has 0 heterocycles. The van der Waals surface area contributed by atoms with Crippen LogP contribution in [0.25, 0.3) is 0 Å². The van der Waals surface area contributed by atoms with E-state index in [0.717, 1.165) is 26.2 Å². The van der Waals surface area contributed by atoms with Crippen LogP contribution in [0.4, 0.5) is 0 Å². The molecule has 1 atom stereocenters. The van der Waals surface area contributed by atoms with Gasteiger partial charge in [0.05, 0.1) is 6.61 Å². The van der Waals surface area contributed by atoms with Gasteiger partial charge in [0.15, 0.2) is 0 Å². The van der Waals surface area contributed by atoms with Crippen molar-refractivity contribution >= 4 is 0 Å². The topological polar surface area (TPSA) is 41.5 Å². The summed E-state index contributed by atoms with van der Waals surface area (Å²) in [4.78, 5) is 0. The molecule has 3 heteroatoms. The molecule has 0 rings (SSSR count). The average molecular weight is 245 g/mol. The van der Waals surface area contributed by atoms with Crippen molar-refractivity contribution < 1.29 is 9.84 Å². The second-order valence-corrected chi connectivity index (χ2v) is 4.61. The molecule has 0 aliphatic heterocycles. The van der Waals surface area contributed by atoms with E-state index in [2.05, 4.69) is 19.2 Å². The van der Waals surface area contributed by atoms with Gasteiger partial charge < -0.3 is 15.2 Å². The van der Waals surface area contributed by atoms with Crippen molar-refractivity contribution in [3.8, 4) is 0 Å². The summed E-state index contributed by atoms with van der Waals surface area (Å²) in [5.74, 6) is 0. The van der Waals surface area contributed by atoms with Crippen LogP contribution in [0.3, 0.4) is 0 Å². The van der Waals surface area contributed by atoms with Crippen LogP contribution >= 0.6 is 0 Å². The van der Waals surface area contributed by atoms with Gasteiger partial charge in [0, 0.05) is 19.3 Å². The molecule has 0 bridgehead atoms. The highest BCUT2D eigenvalue weighted by Crippen LogP contribution is 2.05. The van der Waals surface area contributed by atoms with Crippen LogP contribution in [0.2, 0.25) is 0 Å². The second kappa shape index (κ2) is 13.9. The third-order valence-electron chi connectivity index (χ3n) is 2.97. The van der Waals surface area contributed by atoms with Crippen molar-refractivity contribution in [2.45, 2.75) is 64.8 Å². The van der Waals surface area contributed by atoms with Crippen LogP contribution in [-0.2, 0) is 4.74 Å². The summed E-state index contributed by atoms with van der Waals surface area (Å²) >= 11 is 0.